The molecule has 2 aromatic heterocycles. The van der Waals surface area contributed by atoms with Crippen molar-refractivity contribution < 1.29 is 14.3 Å². The highest BCUT2D eigenvalue weighted by Gasteiger charge is 2.12. The summed E-state index contributed by atoms with van der Waals surface area (Å²) in [4.78, 5) is 23.6. The van der Waals surface area contributed by atoms with Gasteiger partial charge in [0.2, 0.25) is 0 Å². The molecule has 0 aliphatic rings. The molecule has 0 radical (unpaired) electrons. The number of nitrogens with one attached hydrogen (secondary N) is 1. The van der Waals surface area contributed by atoms with E-state index in [4.69, 9.17) is 15.2 Å². The topological polar surface area (TPSA) is 103 Å². The number of hydrogen-bond donors (Lipinski definition) is 2. The Hall–Kier alpha value is -2.58. The number of aromatic nitrogens is 3. The molecule has 2 heterocycles. The van der Waals surface area contributed by atoms with Gasteiger partial charge < -0.3 is 20.2 Å². The van der Waals surface area contributed by atoms with Crippen molar-refractivity contribution in [1.82, 2.24) is 15.0 Å². The number of thioether (sulfide) groups is 1. The second kappa shape index (κ2) is 7.76. The van der Waals surface area contributed by atoms with Crippen LogP contribution >= 0.6 is 11.8 Å². The predicted octanol–water partition coefficient (Wildman–Crippen LogP) is 2.74. The van der Waals surface area contributed by atoms with Crippen molar-refractivity contribution >= 4 is 28.8 Å². The molecule has 0 bridgehead atoms. The van der Waals surface area contributed by atoms with Gasteiger partial charge in [0.25, 0.3) is 0 Å². The van der Waals surface area contributed by atoms with Gasteiger partial charge in [-0.2, -0.15) is 0 Å². The summed E-state index contributed by atoms with van der Waals surface area (Å²) in [6, 6.07) is 5.24. The van der Waals surface area contributed by atoms with Crippen LogP contribution in [-0.4, -0.2) is 34.6 Å². The fourth-order valence-corrected chi connectivity index (χ4v) is 3.53. The number of aryl methyl sites for hydroxylation is 1. The highest BCUT2D eigenvalue weighted by atomic mass is 32.2. The fraction of sp³-hybridized carbons (Fsp3) is 0.278. The van der Waals surface area contributed by atoms with Crippen LogP contribution < -0.4 is 15.2 Å². The van der Waals surface area contributed by atoms with E-state index in [0.29, 0.717) is 11.5 Å². The Morgan fingerprint density at radius 3 is 2.88 bits per heavy atom. The third-order valence-corrected chi connectivity index (χ3v) is 4.81. The lowest BCUT2D eigenvalue weighted by Crippen LogP contribution is -2.19. The summed E-state index contributed by atoms with van der Waals surface area (Å²) in [5.74, 6) is 1.48. The molecule has 3 rings (SSSR count). The van der Waals surface area contributed by atoms with Crippen molar-refractivity contribution in [2.45, 2.75) is 24.8 Å². The fourth-order valence-electron chi connectivity index (χ4n) is 2.62. The average Bonchev–Trinajstić information content (AvgIpc) is 3.03. The van der Waals surface area contributed by atoms with Crippen LogP contribution in [-0.2, 0) is 10.5 Å². The van der Waals surface area contributed by atoms with Gasteiger partial charge in [-0.25, -0.2) is 4.98 Å². The van der Waals surface area contributed by atoms with Crippen LogP contribution in [0.3, 0.4) is 0 Å². The Bertz CT molecular complexity index is 955. The van der Waals surface area contributed by atoms with E-state index in [1.807, 2.05) is 26.1 Å². The molecule has 0 spiro atoms. The van der Waals surface area contributed by atoms with Crippen LogP contribution in [0.25, 0.3) is 11.0 Å². The van der Waals surface area contributed by atoms with E-state index >= 15 is 0 Å². The number of H-pyrrole nitrogens is 1. The monoisotopic (exact) mass is 372 g/mol. The molecule has 0 atom stereocenters. The van der Waals surface area contributed by atoms with Crippen LogP contribution in [0.5, 0.6) is 11.5 Å². The molecule has 1 aromatic carbocycles. The second-order valence-corrected chi connectivity index (χ2v) is 6.70. The van der Waals surface area contributed by atoms with Gasteiger partial charge in [0.05, 0.1) is 30.4 Å². The SMILES string of the molecule is COc1c(C)cnc(CSc2nc3cc(OC(=O)CN)ccc3[nH]2)c1C. The summed E-state index contributed by atoms with van der Waals surface area (Å²) in [6.45, 7) is 3.82. The molecular formula is C18H20N4O3S. The van der Waals surface area contributed by atoms with E-state index in [-0.39, 0.29) is 6.54 Å². The van der Waals surface area contributed by atoms with E-state index in [9.17, 15) is 4.79 Å². The Morgan fingerprint density at radius 1 is 1.35 bits per heavy atom. The zero-order chi connectivity index (χ0) is 18.7. The molecule has 0 amide bonds. The largest absolute Gasteiger partial charge is 0.496 e. The van der Waals surface area contributed by atoms with E-state index in [0.717, 1.165) is 38.8 Å². The minimum absolute atomic E-state index is 0.161. The number of ether oxygens (including phenoxy) is 2. The molecule has 0 aliphatic heterocycles. The quantitative estimate of drug-likeness (QED) is 0.389. The molecule has 3 N–H and O–H groups in total. The molecule has 7 nitrogen and oxygen atoms in total. The van der Waals surface area contributed by atoms with Crippen LogP contribution in [0.4, 0.5) is 0 Å². The number of carbonyl (C=O) groups is 1. The molecule has 3 aromatic rings. The van der Waals surface area contributed by atoms with Gasteiger partial charge in [0.1, 0.15) is 11.5 Å². The minimum atomic E-state index is -0.482. The van der Waals surface area contributed by atoms with Gasteiger partial charge in [0.15, 0.2) is 5.16 Å². The first-order valence-electron chi connectivity index (χ1n) is 8.04. The zero-order valence-corrected chi connectivity index (χ0v) is 15.6. The first-order chi connectivity index (χ1) is 12.5. The number of benzene rings is 1. The Labute approximate surface area is 155 Å². The summed E-state index contributed by atoms with van der Waals surface area (Å²) < 4.78 is 10.6. The minimum Gasteiger partial charge on any atom is -0.496 e. The third kappa shape index (κ3) is 3.81. The van der Waals surface area contributed by atoms with Gasteiger partial charge in [-0.15, -0.1) is 0 Å². The molecule has 0 aliphatic carbocycles. The van der Waals surface area contributed by atoms with Crippen LogP contribution in [0.1, 0.15) is 16.8 Å². The van der Waals surface area contributed by atoms with Crippen LogP contribution in [0.2, 0.25) is 0 Å². The molecule has 8 heteroatoms. The lowest BCUT2D eigenvalue weighted by molar-refractivity contribution is -0.132. The number of aromatic amines is 1. The number of imidazole rings is 1. The highest BCUT2D eigenvalue weighted by Crippen LogP contribution is 2.29. The van der Waals surface area contributed by atoms with Crippen molar-refractivity contribution in [3.8, 4) is 11.5 Å². The summed E-state index contributed by atoms with van der Waals surface area (Å²) >= 11 is 1.55. The summed E-state index contributed by atoms with van der Waals surface area (Å²) in [6.07, 6.45) is 1.82. The van der Waals surface area contributed by atoms with Gasteiger partial charge in [-0.3, -0.25) is 9.78 Å². The maximum Gasteiger partial charge on any atom is 0.325 e. The first kappa shape index (κ1) is 18.2. The molecule has 0 unspecified atom stereocenters. The maximum atomic E-state index is 11.3. The van der Waals surface area contributed by atoms with Crippen molar-refractivity contribution in [2.24, 2.45) is 5.73 Å². The Kier molecular flexibility index (Phi) is 5.43. The number of fused-ring (bicyclic) bond motifs is 1. The van der Waals surface area contributed by atoms with Gasteiger partial charge in [-0.05, 0) is 26.0 Å². The third-order valence-electron chi connectivity index (χ3n) is 3.93. The number of pyridine rings is 1. The second-order valence-electron chi connectivity index (χ2n) is 5.73. The smallest absolute Gasteiger partial charge is 0.325 e. The van der Waals surface area contributed by atoms with Gasteiger partial charge in [0, 0.05) is 29.1 Å². The number of carbonyl (C=O) groups excluding carboxylic acids is 1. The van der Waals surface area contributed by atoms with Crippen LogP contribution in [0.15, 0.2) is 29.6 Å². The van der Waals surface area contributed by atoms with Crippen molar-refractivity contribution in [2.75, 3.05) is 13.7 Å². The Morgan fingerprint density at radius 2 is 2.15 bits per heavy atom. The van der Waals surface area contributed by atoms with Crippen LogP contribution in [0, 0.1) is 13.8 Å². The zero-order valence-electron chi connectivity index (χ0n) is 14.8. The molecule has 0 saturated carbocycles. The first-order valence-corrected chi connectivity index (χ1v) is 9.02. The van der Waals surface area contributed by atoms with E-state index in [1.165, 1.54) is 0 Å². The predicted molar refractivity (Wildman–Crippen MR) is 101 cm³/mol. The standard InChI is InChI=1S/C18H20N4O3S/c1-10-8-20-15(11(2)17(10)24-3)9-26-18-21-13-5-4-12(6-14(13)22-18)25-16(23)7-19/h4-6,8H,7,9,19H2,1-3H3,(H,21,22). The summed E-state index contributed by atoms with van der Waals surface area (Å²) in [7, 11) is 1.67. The number of nitrogens with two attached hydrogens (primary N) is 1. The number of methoxy groups -OCH3 is 1. The normalized spacial score (nSPS) is 10.9. The van der Waals surface area contributed by atoms with E-state index in [1.54, 1.807) is 31.0 Å². The Balaban J connectivity index is 1.76. The lowest BCUT2D eigenvalue weighted by atomic mass is 10.1. The number of rotatable bonds is 6. The molecule has 136 valence electrons. The summed E-state index contributed by atoms with van der Waals surface area (Å²) in [5.41, 5.74) is 9.85. The molecular weight excluding hydrogens is 352 g/mol. The molecule has 26 heavy (non-hydrogen) atoms. The average molecular weight is 372 g/mol. The lowest BCUT2D eigenvalue weighted by Gasteiger charge is -2.11. The van der Waals surface area contributed by atoms with Crippen molar-refractivity contribution in [1.29, 1.82) is 0 Å². The number of hydrogen-bond acceptors (Lipinski definition) is 7. The molecule has 0 fully saturated rings. The summed E-state index contributed by atoms with van der Waals surface area (Å²) in [5, 5.41) is 0.767. The van der Waals surface area contributed by atoms with E-state index in [2.05, 4.69) is 15.0 Å². The van der Waals surface area contributed by atoms with Gasteiger partial charge in [-0.1, -0.05) is 11.8 Å². The molecule has 0 saturated heterocycles. The highest BCUT2D eigenvalue weighted by molar-refractivity contribution is 7.98. The van der Waals surface area contributed by atoms with Crippen molar-refractivity contribution in [3.63, 3.8) is 0 Å². The number of nitrogens with zero attached hydrogens (tertiary/aromatic N) is 2. The van der Waals surface area contributed by atoms with Gasteiger partial charge >= 0.3 is 5.97 Å². The number of esters is 1. The van der Waals surface area contributed by atoms with Crippen molar-refractivity contribution in [3.05, 3.63) is 41.2 Å². The maximum absolute atomic E-state index is 11.3. The van der Waals surface area contributed by atoms with E-state index < -0.39 is 5.97 Å².